The lowest BCUT2D eigenvalue weighted by molar-refractivity contribution is -0.134. The molecule has 138 heavy (non-hydrogen) atoms. The number of amides is 6. The second-order valence-corrected chi connectivity index (χ2v) is 36.4. The van der Waals surface area contributed by atoms with Crippen LogP contribution in [0.2, 0.25) is 0 Å². The summed E-state index contributed by atoms with van der Waals surface area (Å²) in [5, 5.41) is 0. The van der Waals surface area contributed by atoms with Crippen molar-refractivity contribution in [1.29, 1.82) is 0 Å². The molecule has 2 saturated carbocycles. The van der Waals surface area contributed by atoms with Gasteiger partial charge in [0.25, 0.3) is 11.8 Å². The number of aryl methyl sites for hydroxylation is 8. The van der Waals surface area contributed by atoms with Crippen LogP contribution in [-0.4, -0.2) is 163 Å². The molecule has 4 atom stereocenters. The predicted molar refractivity (Wildman–Crippen MR) is 554 cm³/mol. The van der Waals surface area contributed by atoms with Gasteiger partial charge in [-0.05, 0) is 296 Å². The Morgan fingerprint density at radius 2 is 0.543 bits per heavy atom. The number of ether oxygens (including phenoxy) is 4. The van der Waals surface area contributed by atoms with E-state index in [1.807, 2.05) is 181 Å². The van der Waals surface area contributed by atoms with Gasteiger partial charge in [-0.25, -0.2) is 9.59 Å². The van der Waals surface area contributed by atoms with Gasteiger partial charge in [0.1, 0.15) is 11.5 Å². The number of hydrogen-bond acceptors (Lipinski definition) is 14. The Morgan fingerprint density at radius 3 is 0.812 bits per heavy atom. The van der Waals surface area contributed by atoms with E-state index in [9.17, 15) is 47.9 Å². The van der Waals surface area contributed by atoms with Crippen LogP contribution in [0.3, 0.4) is 0 Å². The van der Waals surface area contributed by atoms with Crippen molar-refractivity contribution >= 4 is 70.7 Å². The van der Waals surface area contributed by atoms with Crippen LogP contribution in [0.4, 0.5) is 11.4 Å². The highest BCUT2D eigenvalue weighted by atomic mass is 16.5. The summed E-state index contributed by atoms with van der Waals surface area (Å²) in [5.41, 5.74) is 26.2. The van der Waals surface area contributed by atoms with Crippen molar-refractivity contribution in [3.05, 3.63) is 356 Å². The van der Waals surface area contributed by atoms with E-state index in [1.54, 1.807) is 94.2 Å². The van der Waals surface area contributed by atoms with Gasteiger partial charge in [-0.2, -0.15) is 0 Å². The Bertz CT molecular complexity index is 6090. The Balaban J connectivity index is 0.000000186. The minimum absolute atomic E-state index is 0.0524. The zero-order valence-electron chi connectivity index (χ0n) is 84.5. The fourth-order valence-corrected chi connectivity index (χ4v) is 18.0. The number of anilines is 2. The number of carbonyl (C=O) groups excluding carboxylic acids is 10. The van der Waals surface area contributed by atoms with E-state index in [4.69, 9.17) is 18.9 Å². The third-order valence-corrected chi connectivity index (χ3v) is 25.6. The largest absolute Gasteiger partial charge is 0.465 e. The highest BCUT2D eigenvalue weighted by Crippen LogP contribution is 2.48. The highest BCUT2D eigenvalue weighted by molar-refractivity contribution is 6.02. The summed E-state index contributed by atoms with van der Waals surface area (Å²) in [4.78, 5) is 129. The van der Waals surface area contributed by atoms with Crippen LogP contribution in [0.5, 0.6) is 11.5 Å². The molecule has 0 saturated heterocycles. The van der Waals surface area contributed by atoms with Gasteiger partial charge in [-0.15, -0.1) is 0 Å². The Morgan fingerprint density at radius 1 is 0.275 bits per heavy atom. The molecule has 2 aliphatic rings. The smallest absolute Gasteiger partial charge is 0.337 e. The summed E-state index contributed by atoms with van der Waals surface area (Å²) in [5.74, 6) is 0.989. The zero-order chi connectivity index (χ0) is 101. The molecule has 2 aliphatic carbocycles. The number of esters is 4. The third kappa shape index (κ3) is 29.2. The third-order valence-electron chi connectivity index (χ3n) is 25.6. The number of nitrogens with zero attached hydrogens (tertiary/aromatic N) is 6. The van der Waals surface area contributed by atoms with E-state index in [1.165, 1.54) is 108 Å². The molecule has 2 fully saturated rings. The van der Waals surface area contributed by atoms with Gasteiger partial charge >= 0.3 is 23.9 Å². The first kappa shape index (κ1) is 107. The maximum atomic E-state index is 12.7. The number of methoxy groups -OCH3 is 2. The van der Waals surface area contributed by atoms with E-state index in [-0.39, 0.29) is 41.4 Å². The van der Waals surface area contributed by atoms with Gasteiger partial charge in [0, 0.05) is 139 Å². The van der Waals surface area contributed by atoms with Crippen molar-refractivity contribution in [3.63, 3.8) is 0 Å². The summed E-state index contributed by atoms with van der Waals surface area (Å²) < 4.78 is 19.7. The lowest BCUT2D eigenvalue weighted by Crippen LogP contribution is -2.40. The molecule has 14 rings (SSSR count). The van der Waals surface area contributed by atoms with Crippen molar-refractivity contribution < 1.29 is 66.9 Å². The van der Waals surface area contributed by atoms with Crippen molar-refractivity contribution in [2.45, 2.75) is 158 Å². The van der Waals surface area contributed by atoms with Crippen LogP contribution in [0, 0.1) is 61.3 Å². The molecule has 0 radical (unpaired) electrons. The Kier molecular flexibility index (Phi) is 39.0. The quantitative estimate of drug-likeness (QED) is 0.0575. The van der Waals surface area contributed by atoms with Crippen molar-refractivity contribution in [2.75, 3.05) is 87.4 Å². The van der Waals surface area contributed by atoms with Crippen molar-refractivity contribution in [2.24, 2.45) is 5.92 Å². The zero-order valence-corrected chi connectivity index (χ0v) is 84.5. The van der Waals surface area contributed by atoms with E-state index >= 15 is 0 Å². The summed E-state index contributed by atoms with van der Waals surface area (Å²) in [6.07, 6.45) is 6.34. The van der Waals surface area contributed by atoms with Crippen LogP contribution >= 0.6 is 0 Å². The van der Waals surface area contributed by atoms with Gasteiger partial charge in [-0.1, -0.05) is 194 Å². The number of carbonyl (C=O) groups is 10. The molecule has 0 bridgehead atoms. The first-order chi connectivity index (χ1) is 65.6. The van der Waals surface area contributed by atoms with Crippen molar-refractivity contribution in [1.82, 2.24) is 19.6 Å². The molecule has 12 aromatic carbocycles. The first-order valence-electron chi connectivity index (χ1n) is 46.5. The Labute approximate surface area is 815 Å². The first-order valence-corrected chi connectivity index (χ1v) is 46.5. The summed E-state index contributed by atoms with van der Waals surface area (Å²) in [6.45, 7) is 24.2. The van der Waals surface area contributed by atoms with Gasteiger partial charge in [-0.3, -0.25) is 38.4 Å². The molecule has 20 nitrogen and oxygen atoms in total. The second-order valence-electron chi connectivity index (χ2n) is 36.4. The van der Waals surface area contributed by atoms with Crippen LogP contribution in [-0.2, 0) is 38.2 Å². The monoisotopic (exact) mass is 1860 g/mol. The lowest BCUT2D eigenvalue weighted by atomic mass is 9.69. The molecule has 0 aliphatic heterocycles. The second kappa shape index (κ2) is 50.2. The van der Waals surface area contributed by atoms with E-state index in [2.05, 4.69) is 125 Å². The van der Waals surface area contributed by atoms with Gasteiger partial charge < -0.3 is 48.3 Å². The molecule has 6 amide bonds. The summed E-state index contributed by atoms with van der Waals surface area (Å²) >= 11 is 0. The Hall–Kier alpha value is -14.7. The van der Waals surface area contributed by atoms with Gasteiger partial charge in [0.05, 0.1) is 25.3 Å². The van der Waals surface area contributed by atoms with Gasteiger partial charge in [0.15, 0.2) is 0 Å². The predicted octanol–water partition coefficient (Wildman–Crippen LogP) is 23.7. The minimum atomic E-state index is -0.490. The fraction of sp³-hybridized carbons (Fsp3) is 0.305. The molecule has 0 N–H and O–H groups in total. The average Bonchev–Trinajstić information content (AvgIpc) is 0.795. The van der Waals surface area contributed by atoms with Crippen LogP contribution in [0.1, 0.15) is 205 Å². The normalized spacial score (nSPS) is 14.9. The van der Waals surface area contributed by atoms with E-state index in [0.717, 1.165) is 117 Å². The molecule has 12 aromatic rings. The molecule has 0 aromatic heterocycles. The van der Waals surface area contributed by atoms with Gasteiger partial charge in [0.2, 0.25) is 23.6 Å². The highest BCUT2D eigenvalue weighted by Gasteiger charge is 2.38. The van der Waals surface area contributed by atoms with E-state index < -0.39 is 23.9 Å². The van der Waals surface area contributed by atoms with Crippen LogP contribution in [0.15, 0.2) is 267 Å². The lowest BCUT2D eigenvalue weighted by Gasteiger charge is -2.40. The maximum Gasteiger partial charge on any atom is 0.337 e. The molecular formula is C118H134N6O14. The molecule has 0 heterocycles. The van der Waals surface area contributed by atoms with E-state index in [0.29, 0.717) is 63.5 Å². The van der Waals surface area contributed by atoms with Crippen LogP contribution < -0.4 is 19.3 Å². The minimum Gasteiger partial charge on any atom is -0.465 e. The summed E-state index contributed by atoms with van der Waals surface area (Å²) in [7, 11) is 18.6. The molecule has 4 unspecified atom stereocenters. The number of rotatable bonds is 18. The van der Waals surface area contributed by atoms with Crippen molar-refractivity contribution in [3.8, 4) is 56.0 Å². The van der Waals surface area contributed by atoms with Crippen LogP contribution in [0.25, 0.3) is 44.5 Å². The maximum absolute atomic E-state index is 12.7. The summed E-state index contributed by atoms with van der Waals surface area (Å²) in [6, 6.07) is 87.7. The number of benzene rings is 12. The molecule has 0 spiro atoms. The molecular weight excluding hydrogens is 1730 g/mol. The topological polar surface area (TPSA) is 227 Å². The standard InChI is InChI=1S/2C23H29NO.2C19H22N2O2.2C17H16O4/c1-16-9-5-7-11-21(16)18-13-19(22-12-8-6-10-17(22)2)15-20(14-18)23(25)24(3)4;1-16-9-5-7-11-22(16)19-13-20(23-12-8-6-10-17(23)2)15-21(14-19)24(4)18(3)25;1-13-8-6-7-9-17(13)14-10-15(18(22)20(2)3)12-16(11-14)19(23)21(4)5;1-13-8-6-7-9-19(13)16-10-17(20(4)14(2)22)12-18(11-16)21(5)15(3)23;1-11-6-4-5-7-15(11)12-8-13(16(18)20-2)10-14(9-12)17(19)21-3;1-11-6-4-5-7-17(11)14-8-15(20-12(2)18)10-16(9-14)21-13(3)19/h5-12,18-20H,13-15H2,1-4H3;5-12,19-21H,13-15H2,1-4H3;2*6-12H,1-5H3;2*4-10H,1-3H3. The number of hydrogen-bond donors (Lipinski definition) is 0. The molecule has 720 valence electrons. The molecule has 20 heteroatoms. The average molecular weight is 1860 g/mol. The fourth-order valence-electron chi connectivity index (χ4n) is 18.0. The SMILES string of the molecule is CC(=O)N(C)C1CC(c2ccccc2C)CC(c2ccccc2C)C1.CC(=O)N(C)c1cc(-c2ccccc2C)cc(N(C)C(C)=O)c1.CC(=O)Oc1cc(OC(C)=O)cc(-c2ccccc2C)c1.COC(=O)c1cc(C(=O)OC)cc(-c2ccccc2C)c1.Cc1ccccc1-c1cc(C(=O)N(C)C)cc(C(=O)N(C)C)c1.Cc1ccccc1C1CC(C(=O)N(C)C)CC(c2ccccc2C)C1.